The molecule has 3 heterocycles. The largest absolute Gasteiger partial charge is 0.357 e. The van der Waals surface area contributed by atoms with E-state index in [1.54, 1.807) is 18.3 Å². The number of aromatic amines is 1. The van der Waals surface area contributed by atoms with Crippen molar-refractivity contribution < 1.29 is 4.79 Å². The summed E-state index contributed by atoms with van der Waals surface area (Å²) in [7, 11) is 0. The number of carbonyl (C=O) groups is 1. The number of anilines is 1. The summed E-state index contributed by atoms with van der Waals surface area (Å²) in [5.41, 5.74) is 3.95. The average molecular weight is 305 g/mol. The first-order chi connectivity index (χ1) is 11.1. The van der Waals surface area contributed by atoms with E-state index < -0.39 is 0 Å². The summed E-state index contributed by atoms with van der Waals surface area (Å²) < 4.78 is 1.84. The molecular weight excluding hydrogens is 290 g/mol. The molecule has 0 aliphatic heterocycles. The molecule has 1 amide bonds. The number of fused-ring (bicyclic) bond motifs is 2. The van der Waals surface area contributed by atoms with E-state index in [1.165, 1.54) is 0 Å². The molecule has 0 radical (unpaired) electrons. The van der Waals surface area contributed by atoms with Gasteiger partial charge in [-0.25, -0.2) is 0 Å². The number of para-hydroxylation sites is 1. The minimum Gasteiger partial charge on any atom is -0.357 e. The molecule has 4 aromatic rings. The third-order valence-electron chi connectivity index (χ3n) is 3.88. The fraction of sp³-hybridized carbons (Fsp3) is 0.118. The van der Waals surface area contributed by atoms with Gasteiger partial charge in [0.25, 0.3) is 5.91 Å². The number of amides is 1. The van der Waals surface area contributed by atoms with Crippen LogP contribution < -0.4 is 5.32 Å². The molecule has 0 aliphatic carbocycles. The molecule has 6 nitrogen and oxygen atoms in total. The molecule has 2 N–H and O–H groups in total. The first-order valence-electron chi connectivity index (χ1n) is 7.33. The Morgan fingerprint density at radius 3 is 2.91 bits per heavy atom. The lowest BCUT2D eigenvalue weighted by Crippen LogP contribution is -2.12. The highest BCUT2D eigenvalue weighted by Crippen LogP contribution is 2.24. The number of aryl methyl sites for hydroxylation is 2. The number of rotatable bonds is 2. The average Bonchev–Trinajstić information content (AvgIpc) is 3.10. The summed E-state index contributed by atoms with van der Waals surface area (Å²) >= 11 is 0. The molecule has 114 valence electrons. The van der Waals surface area contributed by atoms with Gasteiger partial charge in [0.2, 0.25) is 0 Å². The van der Waals surface area contributed by atoms with Gasteiger partial charge in [0.05, 0.1) is 11.2 Å². The van der Waals surface area contributed by atoms with Gasteiger partial charge in [-0.2, -0.15) is 0 Å². The maximum atomic E-state index is 12.5. The fourth-order valence-electron chi connectivity index (χ4n) is 2.75. The second-order valence-corrected chi connectivity index (χ2v) is 5.57. The summed E-state index contributed by atoms with van der Waals surface area (Å²) in [6.07, 6.45) is 1.80. The number of hydrogen-bond acceptors (Lipinski definition) is 3. The highest BCUT2D eigenvalue weighted by Gasteiger charge is 2.11. The van der Waals surface area contributed by atoms with E-state index in [0.29, 0.717) is 11.2 Å². The Balaban J connectivity index is 1.70. The van der Waals surface area contributed by atoms with Crippen molar-refractivity contribution in [3.05, 3.63) is 59.7 Å². The van der Waals surface area contributed by atoms with Gasteiger partial charge in [-0.3, -0.25) is 9.20 Å². The molecule has 1 aromatic carbocycles. The van der Waals surface area contributed by atoms with Gasteiger partial charge < -0.3 is 10.3 Å². The molecule has 0 spiro atoms. The van der Waals surface area contributed by atoms with E-state index >= 15 is 0 Å². The number of pyridine rings is 1. The minimum atomic E-state index is -0.173. The summed E-state index contributed by atoms with van der Waals surface area (Å²) in [4.78, 5) is 15.8. The predicted molar refractivity (Wildman–Crippen MR) is 88.7 cm³/mol. The van der Waals surface area contributed by atoms with Gasteiger partial charge in [0.1, 0.15) is 5.82 Å². The Hall–Kier alpha value is -3.15. The zero-order valence-electron chi connectivity index (χ0n) is 12.8. The first kappa shape index (κ1) is 13.5. The Morgan fingerprint density at radius 2 is 2.04 bits per heavy atom. The number of nitrogens with zero attached hydrogens (tertiary/aromatic N) is 3. The van der Waals surface area contributed by atoms with Gasteiger partial charge in [0.15, 0.2) is 5.65 Å². The number of H-pyrrole nitrogens is 1. The summed E-state index contributed by atoms with van der Waals surface area (Å²) in [6.45, 7) is 3.86. The quantitative estimate of drug-likeness (QED) is 0.597. The van der Waals surface area contributed by atoms with Crippen LogP contribution in [0.1, 0.15) is 21.9 Å². The summed E-state index contributed by atoms with van der Waals surface area (Å²) in [6, 6.07) is 11.4. The van der Waals surface area contributed by atoms with Gasteiger partial charge in [-0.15, -0.1) is 10.2 Å². The van der Waals surface area contributed by atoms with Crippen LogP contribution in [0.2, 0.25) is 0 Å². The van der Waals surface area contributed by atoms with E-state index in [0.717, 1.165) is 28.1 Å². The molecule has 0 aliphatic rings. The molecule has 0 unspecified atom stereocenters. The van der Waals surface area contributed by atoms with Crippen molar-refractivity contribution in [1.82, 2.24) is 19.6 Å². The molecule has 0 saturated carbocycles. The van der Waals surface area contributed by atoms with Crippen molar-refractivity contribution >= 4 is 28.1 Å². The normalized spacial score (nSPS) is 11.2. The number of nitrogens with one attached hydrogen (secondary N) is 2. The van der Waals surface area contributed by atoms with Gasteiger partial charge in [0, 0.05) is 22.8 Å². The monoisotopic (exact) mass is 305 g/mol. The minimum absolute atomic E-state index is 0.173. The topological polar surface area (TPSA) is 75.1 Å². The Morgan fingerprint density at radius 1 is 1.17 bits per heavy atom. The van der Waals surface area contributed by atoms with Crippen LogP contribution in [0.25, 0.3) is 16.6 Å². The SMILES string of the molecule is Cc1cc2cccc(NC(=O)c3ccn4c(C)nnc4c3)c2[nH]1. The zero-order valence-corrected chi connectivity index (χ0v) is 12.8. The maximum Gasteiger partial charge on any atom is 0.255 e. The highest BCUT2D eigenvalue weighted by molar-refractivity contribution is 6.08. The highest BCUT2D eigenvalue weighted by atomic mass is 16.1. The first-order valence-corrected chi connectivity index (χ1v) is 7.33. The smallest absolute Gasteiger partial charge is 0.255 e. The van der Waals surface area contributed by atoms with Crippen LogP contribution in [0.3, 0.4) is 0 Å². The molecule has 23 heavy (non-hydrogen) atoms. The Kier molecular flexibility index (Phi) is 2.90. The van der Waals surface area contributed by atoms with Gasteiger partial charge >= 0.3 is 0 Å². The van der Waals surface area contributed by atoms with E-state index in [-0.39, 0.29) is 5.91 Å². The summed E-state index contributed by atoms with van der Waals surface area (Å²) in [5.74, 6) is 0.617. The number of aromatic nitrogens is 4. The molecule has 0 bridgehead atoms. The molecule has 0 atom stereocenters. The second-order valence-electron chi connectivity index (χ2n) is 5.57. The molecular formula is C17H15N5O. The van der Waals surface area contributed by atoms with Crippen molar-refractivity contribution in [2.75, 3.05) is 5.32 Å². The third-order valence-corrected chi connectivity index (χ3v) is 3.88. The van der Waals surface area contributed by atoms with Crippen molar-refractivity contribution in [2.24, 2.45) is 0 Å². The number of carbonyl (C=O) groups excluding carboxylic acids is 1. The lowest BCUT2D eigenvalue weighted by Gasteiger charge is -2.07. The fourth-order valence-corrected chi connectivity index (χ4v) is 2.75. The lowest BCUT2D eigenvalue weighted by molar-refractivity contribution is 0.102. The maximum absolute atomic E-state index is 12.5. The van der Waals surface area contributed by atoms with Crippen molar-refractivity contribution in [2.45, 2.75) is 13.8 Å². The van der Waals surface area contributed by atoms with Crippen LogP contribution in [0.15, 0.2) is 42.6 Å². The second kappa shape index (κ2) is 4.95. The van der Waals surface area contributed by atoms with Crippen molar-refractivity contribution in [3.8, 4) is 0 Å². The molecule has 0 fully saturated rings. The summed E-state index contributed by atoms with van der Waals surface area (Å²) in [5, 5.41) is 12.1. The van der Waals surface area contributed by atoms with Crippen molar-refractivity contribution in [1.29, 1.82) is 0 Å². The predicted octanol–water partition coefficient (Wildman–Crippen LogP) is 3.08. The molecule has 6 heteroatoms. The van der Waals surface area contributed by atoms with E-state index in [9.17, 15) is 4.79 Å². The Bertz CT molecular complexity index is 1040. The molecule has 3 aromatic heterocycles. The van der Waals surface area contributed by atoms with Crippen LogP contribution in [0, 0.1) is 13.8 Å². The van der Waals surface area contributed by atoms with Crippen LogP contribution in [-0.2, 0) is 0 Å². The standard InChI is InChI=1S/C17H15N5O/c1-10-8-12-4-3-5-14(16(12)18-10)19-17(23)13-6-7-22-11(2)20-21-15(22)9-13/h3-9,18H,1-2H3,(H,19,23). The molecule has 0 saturated heterocycles. The van der Waals surface area contributed by atoms with Crippen LogP contribution in [0.4, 0.5) is 5.69 Å². The number of hydrogen-bond donors (Lipinski definition) is 2. The molecule has 4 rings (SSSR count). The van der Waals surface area contributed by atoms with Gasteiger partial charge in [-0.1, -0.05) is 12.1 Å². The number of benzene rings is 1. The van der Waals surface area contributed by atoms with Crippen LogP contribution in [-0.4, -0.2) is 25.5 Å². The van der Waals surface area contributed by atoms with Crippen molar-refractivity contribution in [3.63, 3.8) is 0 Å². The lowest BCUT2D eigenvalue weighted by atomic mass is 10.2. The van der Waals surface area contributed by atoms with Crippen LogP contribution >= 0.6 is 0 Å². The zero-order chi connectivity index (χ0) is 16.0. The Labute approximate surface area is 132 Å². The van der Waals surface area contributed by atoms with E-state index in [4.69, 9.17) is 0 Å². The van der Waals surface area contributed by atoms with E-state index in [2.05, 4.69) is 26.6 Å². The van der Waals surface area contributed by atoms with Crippen LogP contribution in [0.5, 0.6) is 0 Å². The van der Waals surface area contributed by atoms with Gasteiger partial charge in [-0.05, 0) is 38.1 Å². The van der Waals surface area contributed by atoms with E-state index in [1.807, 2.05) is 36.4 Å². The third kappa shape index (κ3) is 2.24.